The summed E-state index contributed by atoms with van der Waals surface area (Å²) in [7, 11) is 1.58. The van der Waals surface area contributed by atoms with Gasteiger partial charge in [-0.3, -0.25) is 0 Å². The minimum atomic E-state index is -1.08. The number of ether oxygens (including phenoxy) is 2. The molecule has 1 aromatic carbocycles. The van der Waals surface area contributed by atoms with Crippen LogP contribution in [0.3, 0.4) is 0 Å². The summed E-state index contributed by atoms with van der Waals surface area (Å²) in [5, 5.41) is 14.3. The number of carbonyl (C=O) groups excluding carboxylic acids is 1. The van der Waals surface area contributed by atoms with Crippen LogP contribution in [0.5, 0.6) is 0 Å². The lowest BCUT2D eigenvalue weighted by Crippen LogP contribution is -2.32. The summed E-state index contributed by atoms with van der Waals surface area (Å²) < 4.78 is 10.0. The average molecular weight is 296 g/mol. The van der Waals surface area contributed by atoms with Crippen LogP contribution in [0.15, 0.2) is 18.2 Å². The first-order valence-electron chi connectivity index (χ1n) is 6.50. The second-order valence-electron chi connectivity index (χ2n) is 4.29. The number of amides is 2. The third-order valence-electron chi connectivity index (χ3n) is 2.70. The molecule has 0 aliphatic carbocycles. The van der Waals surface area contributed by atoms with Crippen molar-refractivity contribution in [2.45, 2.75) is 6.92 Å². The van der Waals surface area contributed by atoms with Crippen molar-refractivity contribution in [3.63, 3.8) is 0 Å². The third kappa shape index (κ3) is 5.80. The number of carboxylic acids is 1. The summed E-state index contributed by atoms with van der Waals surface area (Å²) >= 11 is 0. The van der Waals surface area contributed by atoms with Crippen LogP contribution in [0, 0.1) is 6.92 Å². The average Bonchev–Trinajstić information content (AvgIpc) is 2.42. The molecule has 0 heterocycles. The Morgan fingerprint density at radius 1 is 1.24 bits per heavy atom. The normalized spacial score (nSPS) is 10.2. The van der Waals surface area contributed by atoms with Gasteiger partial charge in [0.05, 0.1) is 31.1 Å². The molecule has 116 valence electrons. The van der Waals surface area contributed by atoms with Crippen molar-refractivity contribution in [2.24, 2.45) is 0 Å². The lowest BCUT2D eigenvalue weighted by atomic mass is 10.1. The van der Waals surface area contributed by atoms with Crippen LogP contribution in [0.4, 0.5) is 10.5 Å². The minimum Gasteiger partial charge on any atom is -0.478 e. The van der Waals surface area contributed by atoms with Crippen molar-refractivity contribution in [3.8, 4) is 0 Å². The number of carboxylic acid groups (broad SMARTS) is 1. The maximum atomic E-state index is 11.7. The third-order valence-corrected chi connectivity index (χ3v) is 2.70. The van der Waals surface area contributed by atoms with E-state index in [1.165, 1.54) is 0 Å². The van der Waals surface area contributed by atoms with Gasteiger partial charge < -0.3 is 25.2 Å². The molecule has 2 amide bonds. The van der Waals surface area contributed by atoms with Gasteiger partial charge >= 0.3 is 12.0 Å². The molecular weight excluding hydrogens is 276 g/mol. The lowest BCUT2D eigenvalue weighted by molar-refractivity contribution is 0.0697. The highest BCUT2D eigenvalue weighted by Crippen LogP contribution is 2.19. The standard InChI is InChI=1S/C14H20N2O5/c1-10-4-3-5-11(12(10)13(17)18)16-14(19)15-6-7-21-9-8-20-2/h3-5H,6-9H2,1-2H3,(H,17,18)(H2,15,16,19). The smallest absolute Gasteiger partial charge is 0.338 e. The van der Waals surface area contributed by atoms with Crippen LogP contribution in [-0.2, 0) is 9.47 Å². The summed E-state index contributed by atoms with van der Waals surface area (Å²) in [6.45, 7) is 3.31. The molecule has 7 nitrogen and oxygen atoms in total. The van der Waals surface area contributed by atoms with Crippen molar-refractivity contribution in [1.82, 2.24) is 5.32 Å². The molecule has 0 aliphatic heterocycles. The SMILES string of the molecule is COCCOCCNC(=O)Nc1cccc(C)c1C(=O)O. The molecule has 0 radical (unpaired) electrons. The van der Waals surface area contributed by atoms with Crippen LogP contribution in [-0.4, -0.2) is 50.6 Å². The highest BCUT2D eigenvalue weighted by Gasteiger charge is 2.14. The summed E-state index contributed by atoms with van der Waals surface area (Å²) in [5.41, 5.74) is 0.937. The topological polar surface area (TPSA) is 96.9 Å². The predicted molar refractivity (Wildman–Crippen MR) is 77.9 cm³/mol. The Labute approximate surface area is 123 Å². The maximum absolute atomic E-state index is 11.7. The van der Waals surface area contributed by atoms with E-state index in [1.54, 1.807) is 32.2 Å². The van der Waals surface area contributed by atoms with Gasteiger partial charge in [0.15, 0.2) is 0 Å². The van der Waals surface area contributed by atoms with E-state index < -0.39 is 12.0 Å². The second-order valence-corrected chi connectivity index (χ2v) is 4.29. The van der Waals surface area contributed by atoms with Gasteiger partial charge in [-0.25, -0.2) is 9.59 Å². The number of rotatable bonds is 8. The number of anilines is 1. The van der Waals surface area contributed by atoms with Gasteiger partial charge in [0.25, 0.3) is 0 Å². The first kappa shape index (κ1) is 16.9. The zero-order chi connectivity index (χ0) is 15.7. The Balaban J connectivity index is 2.45. The fourth-order valence-electron chi connectivity index (χ4n) is 1.70. The molecular formula is C14H20N2O5. The van der Waals surface area contributed by atoms with Gasteiger partial charge in [-0.1, -0.05) is 12.1 Å². The van der Waals surface area contributed by atoms with Crippen LogP contribution < -0.4 is 10.6 Å². The summed E-state index contributed by atoms with van der Waals surface area (Å²) in [6, 6.07) is 4.44. The zero-order valence-corrected chi connectivity index (χ0v) is 12.1. The molecule has 7 heteroatoms. The maximum Gasteiger partial charge on any atom is 0.338 e. The molecule has 0 spiro atoms. The van der Waals surface area contributed by atoms with Crippen LogP contribution >= 0.6 is 0 Å². The van der Waals surface area contributed by atoms with Gasteiger partial charge in [-0.15, -0.1) is 0 Å². The number of hydrogen-bond acceptors (Lipinski definition) is 4. The van der Waals surface area contributed by atoms with E-state index in [0.717, 1.165) is 0 Å². The van der Waals surface area contributed by atoms with E-state index in [-0.39, 0.29) is 11.3 Å². The van der Waals surface area contributed by atoms with Crippen LogP contribution in [0.1, 0.15) is 15.9 Å². The van der Waals surface area contributed by atoms with Crippen LogP contribution in [0.25, 0.3) is 0 Å². The van der Waals surface area contributed by atoms with E-state index in [0.29, 0.717) is 31.9 Å². The first-order chi connectivity index (χ1) is 10.1. The molecule has 0 aromatic heterocycles. The monoisotopic (exact) mass is 296 g/mol. The van der Waals surface area contributed by atoms with Gasteiger partial charge in [-0.05, 0) is 18.6 Å². The second kappa shape index (κ2) is 8.93. The van der Waals surface area contributed by atoms with Gasteiger partial charge in [0, 0.05) is 13.7 Å². The number of hydrogen-bond donors (Lipinski definition) is 3. The van der Waals surface area contributed by atoms with Crippen molar-refractivity contribution >= 4 is 17.7 Å². The fourth-order valence-corrected chi connectivity index (χ4v) is 1.70. The van der Waals surface area contributed by atoms with Crippen molar-refractivity contribution < 1.29 is 24.2 Å². The zero-order valence-electron chi connectivity index (χ0n) is 12.1. The number of benzene rings is 1. The molecule has 21 heavy (non-hydrogen) atoms. The van der Waals surface area contributed by atoms with Gasteiger partial charge in [0.1, 0.15) is 0 Å². The lowest BCUT2D eigenvalue weighted by Gasteiger charge is -2.11. The Bertz CT molecular complexity index is 490. The van der Waals surface area contributed by atoms with Crippen molar-refractivity contribution in [1.29, 1.82) is 0 Å². The number of aryl methyl sites for hydroxylation is 1. The summed E-state index contributed by atoms with van der Waals surface area (Å²) in [6.07, 6.45) is 0. The number of methoxy groups -OCH3 is 1. The van der Waals surface area contributed by atoms with Crippen LogP contribution in [0.2, 0.25) is 0 Å². The number of nitrogens with one attached hydrogen (secondary N) is 2. The summed E-state index contributed by atoms with van der Waals surface area (Å²) in [5.74, 6) is -1.08. The Morgan fingerprint density at radius 3 is 2.67 bits per heavy atom. The number of carbonyl (C=O) groups is 2. The Morgan fingerprint density at radius 2 is 2.00 bits per heavy atom. The van der Waals surface area contributed by atoms with Crippen molar-refractivity contribution in [3.05, 3.63) is 29.3 Å². The molecule has 0 fully saturated rings. The highest BCUT2D eigenvalue weighted by atomic mass is 16.5. The largest absolute Gasteiger partial charge is 0.478 e. The van der Waals surface area contributed by atoms with E-state index in [9.17, 15) is 9.59 Å². The van der Waals surface area contributed by atoms with Gasteiger partial charge in [-0.2, -0.15) is 0 Å². The molecule has 0 unspecified atom stereocenters. The molecule has 1 rings (SSSR count). The highest BCUT2D eigenvalue weighted by molar-refractivity contribution is 6.01. The predicted octanol–water partition coefficient (Wildman–Crippen LogP) is 1.48. The first-order valence-corrected chi connectivity index (χ1v) is 6.50. The molecule has 0 bridgehead atoms. The molecule has 0 aliphatic rings. The van der Waals surface area contributed by atoms with E-state index in [1.807, 2.05) is 0 Å². The molecule has 0 atom stereocenters. The molecule has 0 saturated heterocycles. The quantitative estimate of drug-likeness (QED) is 0.631. The van der Waals surface area contributed by atoms with E-state index in [4.69, 9.17) is 14.6 Å². The Hall–Kier alpha value is -2.12. The van der Waals surface area contributed by atoms with E-state index in [2.05, 4.69) is 10.6 Å². The fraction of sp³-hybridized carbons (Fsp3) is 0.429. The number of aromatic carboxylic acids is 1. The molecule has 3 N–H and O–H groups in total. The van der Waals surface area contributed by atoms with Crippen molar-refractivity contribution in [2.75, 3.05) is 38.8 Å². The minimum absolute atomic E-state index is 0.0870. The Kier molecular flexibility index (Phi) is 7.20. The number of urea groups is 1. The van der Waals surface area contributed by atoms with E-state index >= 15 is 0 Å². The van der Waals surface area contributed by atoms with Gasteiger partial charge in [0.2, 0.25) is 0 Å². The molecule has 0 saturated carbocycles. The molecule has 1 aromatic rings. The summed E-state index contributed by atoms with van der Waals surface area (Å²) in [4.78, 5) is 22.9.